The fraction of sp³-hybridized carbons (Fsp3) is 0.417. The second-order valence-corrected chi connectivity index (χ2v) is 8.02. The summed E-state index contributed by atoms with van der Waals surface area (Å²) in [4.78, 5) is 25.8. The van der Waals surface area contributed by atoms with E-state index in [4.69, 9.17) is 9.84 Å². The van der Waals surface area contributed by atoms with Gasteiger partial charge in [0.2, 0.25) is 0 Å². The van der Waals surface area contributed by atoms with Crippen LogP contribution < -0.4 is 4.74 Å². The van der Waals surface area contributed by atoms with E-state index in [2.05, 4.69) is 0 Å². The van der Waals surface area contributed by atoms with Crippen LogP contribution in [0.3, 0.4) is 0 Å². The van der Waals surface area contributed by atoms with Crippen LogP contribution in [0.25, 0.3) is 0 Å². The lowest BCUT2D eigenvalue weighted by atomic mass is 9.88. The monoisotopic (exact) mass is 431 g/mol. The number of carboxylic acids is 1. The number of nitrogens with zero attached hydrogens (tertiary/aromatic N) is 1. The van der Waals surface area contributed by atoms with E-state index < -0.39 is 24.4 Å². The van der Waals surface area contributed by atoms with E-state index in [1.807, 2.05) is 37.3 Å². The first-order valence-corrected chi connectivity index (χ1v) is 10.4. The summed E-state index contributed by atoms with van der Waals surface area (Å²) in [6.07, 6.45) is -0.640. The Morgan fingerprint density at radius 3 is 2.48 bits per heavy atom. The molecule has 7 heteroatoms. The molecule has 1 fully saturated rings. The van der Waals surface area contributed by atoms with Crippen LogP contribution in [0.4, 0.5) is 8.78 Å². The van der Waals surface area contributed by atoms with Crippen LogP contribution in [0, 0.1) is 0 Å². The summed E-state index contributed by atoms with van der Waals surface area (Å²) < 4.78 is 33.9. The second kappa shape index (κ2) is 10.0. The molecule has 1 aliphatic rings. The zero-order chi connectivity index (χ0) is 22.4. The second-order valence-electron chi connectivity index (χ2n) is 8.02. The van der Waals surface area contributed by atoms with Crippen molar-refractivity contribution in [2.45, 2.75) is 44.1 Å². The first-order valence-electron chi connectivity index (χ1n) is 10.4. The van der Waals surface area contributed by atoms with Crippen molar-refractivity contribution in [3.8, 4) is 5.75 Å². The molecule has 1 aliphatic heterocycles. The summed E-state index contributed by atoms with van der Waals surface area (Å²) in [7, 11) is 0. The van der Waals surface area contributed by atoms with E-state index >= 15 is 0 Å². The number of rotatable bonds is 9. The molecule has 3 rings (SSSR count). The SMILES string of the molecule is C[C@H](CC(=O)[C@H]1CC(F)(F)CCN1CCOc1ccccc1)c1ccc(C(=O)O)cc1. The molecule has 0 aromatic heterocycles. The number of ether oxygens (including phenoxy) is 1. The smallest absolute Gasteiger partial charge is 0.335 e. The van der Waals surface area contributed by atoms with Gasteiger partial charge < -0.3 is 9.84 Å². The third-order valence-electron chi connectivity index (χ3n) is 5.69. The lowest BCUT2D eigenvalue weighted by Gasteiger charge is -2.38. The molecule has 2 atom stereocenters. The topological polar surface area (TPSA) is 66.8 Å². The number of piperidine rings is 1. The molecule has 0 spiro atoms. The van der Waals surface area contributed by atoms with Gasteiger partial charge in [-0.15, -0.1) is 0 Å². The number of aromatic carboxylic acids is 1. The molecule has 1 saturated heterocycles. The van der Waals surface area contributed by atoms with E-state index in [1.165, 1.54) is 12.1 Å². The maximum atomic E-state index is 14.1. The molecule has 2 aromatic rings. The highest BCUT2D eigenvalue weighted by Crippen LogP contribution is 2.33. The lowest BCUT2D eigenvalue weighted by molar-refractivity contribution is -0.136. The lowest BCUT2D eigenvalue weighted by Crippen LogP contribution is -2.52. The molecule has 0 radical (unpaired) electrons. The highest BCUT2D eigenvalue weighted by atomic mass is 19.3. The molecule has 1 N–H and O–H groups in total. The zero-order valence-corrected chi connectivity index (χ0v) is 17.5. The number of carbonyl (C=O) groups is 2. The minimum absolute atomic E-state index is 0.114. The predicted molar refractivity (Wildman–Crippen MR) is 113 cm³/mol. The summed E-state index contributed by atoms with van der Waals surface area (Å²) in [5, 5.41) is 9.01. The van der Waals surface area contributed by atoms with Gasteiger partial charge in [0.15, 0.2) is 5.78 Å². The Bertz CT molecular complexity index is 886. The fourth-order valence-corrected chi connectivity index (χ4v) is 3.87. The number of hydrogen-bond donors (Lipinski definition) is 1. The van der Waals surface area contributed by atoms with Crippen molar-refractivity contribution in [3.05, 3.63) is 65.7 Å². The average molecular weight is 431 g/mol. The van der Waals surface area contributed by atoms with Crippen molar-refractivity contribution in [2.24, 2.45) is 0 Å². The summed E-state index contributed by atoms with van der Waals surface area (Å²) >= 11 is 0. The number of benzene rings is 2. The molecule has 2 aromatic carbocycles. The highest BCUT2D eigenvalue weighted by molar-refractivity contribution is 5.87. The van der Waals surface area contributed by atoms with E-state index in [-0.39, 0.29) is 36.7 Å². The number of carboxylic acid groups (broad SMARTS) is 1. The van der Waals surface area contributed by atoms with Crippen molar-refractivity contribution in [2.75, 3.05) is 19.7 Å². The summed E-state index contributed by atoms with van der Waals surface area (Å²) in [5.74, 6) is -3.61. The maximum absolute atomic E-state index is 14.1. The van der Waals surface area contributed by atoms with Crippen molar-refractivity contribution < 1.29 is 28.2 Å². The van der Waals surface area contributed by atoms with E-state index in [9.17, 15) is 18.4 Å². The molecule has 31 heavy (non-hydrogen) atoms. The van der Waals surface area contributed by atoms with Crippen molar-refractivity contribution in [1.29, 1.82) is 0 Å². The zero-order valence-electron chi connectivity index (χ0n) is 17.5. The number of ketones is 1. The Kier molecular flexibility index (Phi) is 7.38. The highest BCUT2D eigenvalue weighted by Gasteiger charge is 2.43. The van der Waals surface area contributed by atoms with Crippen LogP contribution in [-0.2, 0) is 4.79 Å². The molecule has 0 bridgehead atoms. The van der Waals surface area contributed by atoms with Gasteiger partial charge in [0.25, 0.3) is 5.92 Å². The Balaban J connectivity index is 1.62. The Labute approximate surface area is 180 Å². The number of carbonyl (C=O) groups excluding carboxylic acids is 1. The third-order valence-corrected chi connectivity index (χ3v) is 5.69. The summed E-state index contributed by atoms with van der Waals surface area (Å²) in [5.41, 5.74) is 0.971. The van der Waals surface area contributed by atoms with Crippen molar-refractivity contribution >= 4 is 11.8 Å². The van der Waals surface area contributed by atoms with Crippen LogP contribution in [0.15, 0.2) is 54.6 Å². The fourth-order valence-electron chi connectivity index (χ4n) is 3.87. The predicted octanol–water partition coefficient (Wildman–Crippen LogP) is 4.63. The first kappa shape index (κ1) is 22.9. The van der Waals surface area contributed by atoms with Gasteiger partial charge >= 0.3 is 5.97 Å². The Morgan fingerprint density at radius 2 is 1.84 bits per heavy atom. The Hall–Kier alpha value is -2.80. The van der Waals surface area contributed by atoms with Crippen LogP contribution in [0.1, 0.15) is 48.0 Å². The normalized spacial score (nSPS) is 19.5. The van der Waals surface area contributed by atoms with Gasteiger partial charge in [-0.2, -0.15) is 0 Å². The first-order chi connectivity index (χ1) is 14.7. The quantitative estimate of drug-likeness (QED) is 0.627. The van der Waals surface area contributed by atoms with Crippen LogP contribution >= 0.6 is 0 Å². The molecular formula is C24H27F2NO4. The van der Waals surface area contributed by atoms with Crippen molar-refractivity contribution in [1.82, 2.24) is 4.90 Å². The third kappa shape index (κ3) is 6.34. The molecular weight excluding hydrogens is 404 g/mol. The largest absolute Gasteiger partial charge is 0.492 e. The summed E-state index contributed by atoms with van der Waals surface area (Å²) in [6, 6.07) is 14.7. The molecule has 166 valence electrons. The number of Topliss-reactive ketones (excluding diaryl/α,β-unsaturated/α-hetero) is 1. The van der Waals surface area contributed by atoms with Gasteiger partial charge in [0.05, 0.1) is 11.6 Å². The minimum Gasteiger partial charge on any atom is -0.492 e. The van der Waals surface area contributed by atoms with Crippen LogP contribution in [0.5, 0.6) is 5.75 Å². The standard InChI is InChI=1S/C24H27F2NO4/c1-17(18-7-9-19(10-8-18)23(29)30)15-22(28)21-16-24(25,26)11-12-27(21)13-14-31-20-5-3-2-4-6-20/h2-10,17,21H,11-16H2,1H3,(H,29,30)/t17-,21-/m1/s1. The molecule has 0 saturated carbocycles. The van der Waals surface area contributed by atoms with Gasteiger partial charge in [-0.25, -0.2) is 13.6 Å². The molecule has 0 aliphatic carbocycles. The van der Waals surface area contributed by atoms with Crippen molar-refractivity contribution in [3.63, 3.8) is 0 Å². The van der Waals surface area contributed by atoms with Crippen LogP contribution in [-0.4, -0.2) is 53.4 Å². The van der Waals surface area contributed by atoms with Gasteiger partial charge in [0.1, 0.15) is 12.4 Å². The number of hydrogen-bond acceptors (Lipinski definition) is 4. The van der Waals surface area contributed by atoms with Gasteiger partial charge in [0, 0.05) is 32.4 Å². The molecule has 5 nitrogen and oxygen atoms in total. The molecule has 0 unspecified atom stereocenters. The van der Waals surface area contributed by atoms with Crippen LogP contribution in [0.2, 0.25) is 0 Å². The average Bonchev–Trinajstić information content (AvgIpc) is 2.75. The summed E-state index contributed by atoms with van der Waals surface area (Å²) in [6.45, 7) is 2.69. The number of alkyl halides is 2. The van der Waals surface area contributed by atoms with E-state index in [0.717, 1.165) is 5.56 Å². The van der Waals surface area contributed by atoms with Gasteiger partial charge in [-0.1, -0.05) is 37.3 Å². The Morgan fingerprint density at radius 1 is 1.16 bits per heavy atom. The number of halogens is 2. The minimum atomic E-state index is -2.86. The molecule has 0 amide bonds. The maximum Gasteiger partial charge on any atom is 0.335 e. The van der Waals surface area contributed by atoms with E-state index in [0.29, 0.717) is 18.9 Å². The number of likely N-dealkylation sites (tertiary alicyclic amines) is 1. The van der Waals surface area contributed by atoms with Gasteiger partial charge in [-0.3, -0.25) is 9.69 Å². The molecule has 1 heterocycles. The van der Waals surface area contributed by atoms with E-state index in [1.54, 1.807) is 17.0 Å². The number of para-hydroxylation sites is 1. The van der Waals surface area contributed by atoms with Gasteiger partial charge in [-0.05, 0) is 35.7 Å².